The summed E-state index contributed by atoms with van der Waals surface area (Å²) in [6.07, 6.45) is 2.69. The van der Waals surface area contributed by atoms with E-state index in [1.807, 2.05) is 20.0 Å². The number of hydrogen-bond acceptors (Lipinski definition) is 4. The molecule has 6 heteroatoms. The first-order chi connectivity index (χ1) is 9.10. The van der Waals surface area contributed by atoms with Crippen LogP contribution in [0.4, 0.5) is 5.69 Å². The molecule has 0 radical (unpaired) electrons. The first kappa shape index (κ1) is 13.3. The summed E-state index contributed by atoms with van der Waals surface area (Å²) in [5, 5.41) is 11.6. The lowest BCUT2D eigenvalue weighted by atomic mass is 10.3. The Morgan fingerprint density at radius 3 is 2.74 bits per heavy atom. The van der Waals surface area contributed by atoms with Gasteiger partial charge in [0.05, 0.1) is 29.8 Å². The second-order valence-electron chi connectivity index (χ2n) is 4.57. The number of nitrogens with zero attached hydrogens (tertiary/aromatic N) is 4. The summed E-state index contributed by atoms with van der Waals surface area (Å²) < 4.78 is 3.21. The van der Waals surface area contributed by atoms with Crippen molar-refractivity contribution in [2.24, 2.45) is 7.05 Å². The lowest BCUT2D eigenvalue weighted by molar-refractivity contribution is 0.591. The van der Waals surface area contributed by atoms with Gasteiger partial charge in [-0.05, 0) is 19.4 Å². The van der Waals surface area contributed by atoms with Crippen LogP contribution < -0.4 is 10.9 Å². The van der Waals surface area contributed by atoms with Gasteiger partial charge in [0.25, 0.3) is 5.56 Å². The van der Waals surface area contributed by atoms with Crippen LogP contribution in [0, 0.1) is 6.92 Å². The summed E-state index contributed by atoms with van der Waals surface area (Å²) in [5.41, 5.74) is 2.55. The Kier molecular flexibility index (Phi) is 3.99. The molecule has 0 atom stereocenters. The van der Waals surface area contributed by atoms with E-state index in [2.05, 4.69) is 22.4 Å². The first-order valence-electron chi connectivity index (χ1n) is 6.40. The number of anilines is 1. The predicted octanol–water partition coefficient (Wildman–Crippen LogP) is 1.16. The molecule has 2 rings (SSSR count). The van der Waals surface area contributed by atoms with Gasteiger partial charge >= 0.3 is 0 Å². The van der Waals surface area contributed by atoms with E-state index in [4.69, 9.17) is 0 Å². The van der Waals surface area contributed by atoms with Gasteiger partial charge in [-0.15, -0.1) is 0 Å². The molecule has 0 amide bonds. The van der Waals surface area contributed by atoms with Crippen molar-refractivity contribution in [3.05, 3.63) is 40.1 Å². The summed E-state index contributed by atoms with van der Waals surface area (Å²) in [5.74, 6) is 0. The largest absolute Gasteiger partial charge is 0.384 e. The van der Waals surface area contributed by atoms with Crippen molar-refractivity contribution < 1.29 is 0 Å². The Balaban J connectivity index is 2.17. The van der Waals surface area contributed by atoms with Crippen molar-refractivity contribution in [3.8, 4) is 0 Å². The zero-order chi connectivity index (χ0) is 13.8. The van der Waals surface area contributed by atoms with Crippen molar-refractivity contribution >= 4 is 5.69 Å². The van der Waals surface area contributed by atoms with E-state index < -0.39 is 0 Å². The highest BCUT2D eigenvalue weighted by molar-refractivity contribution is 5.38. The molecule has 0 bridgehead atoms. The van der Waals surface area contributed by atoms with E-state index in [9.17, 15) is 4.79 Å². The third kappa shape index (κ3) is 3.21. The van der Waals surface area contributed by atoms with Crippen molar-refractivity contribution in [3.63, 3.8) is 0 Å². The van der Waals surface area contributed by atoms with Gasteiger partial charge in [-0.2, -0.15) is 10.2 Å². The lowest BCUT2D eigenvalue weighted by Crippen LogP contribution is -2.24. The maximum Gasteiger partial charge on any atom is 0.269 e. The Morgan fingerprint density at radius 1 is 1.37 bits per heavy atom. The molecule has 0 saturated heterocycles. The molecule has 2 aromatic heterocycles. The van der Waals surface area contributed by atoms with Gasteiger partial charge in [0.2, 0.25) is 0 Å². The van der Waals surface area contributed by atoms with Crippen LogP contribution in [0.1, 0.15) is 24.7 Å². The second-order valence-corrected chi connectivity index (χ2v) is 4.57. The maximum atomic E-state index is 12.0. The van der Waals surface area contributed by atoms with Crippen molar-refractivity contribution in [2.45, 2.75) is 26.8 Å². The lowest BCUT2D eigenvalue weighted by Gasteiger charge is -2.07. The minimum atomic E-state index is -0.111. The fourth-order valence-electron chi connectivity index (χ4n) is 1.88. The summed E-state index contributed by atoms with van der Waals surface area (Å²) >= 11 is 0. The van der Waals surface area contributed by atoms with Crippen molar-refractivity contribution in [1.82, 2.24) is 19.6 Å². The molecule has 0 unspecified atom stereocenters. The second kappa shape index (κ2) is 5.69. The van der Waals surface area contributed by atoms with Crippen molar-refractivity contribution in [2.75, 3.05) is 11.9 Å². The molecule has 19 heavy (non-hydrogen) atoms. The highest BCUT2D eigenvalue weighted by atomic mass is 16.1. The van der Waals surface area contributed by atoms with E-state index in [0.717, 1.165) is 30.0 Å². The van der Waals surface area contributed by atoms with E-state index in [1.54, 1.807) is 16.9 Å². The zero-order valence-corrected chi connectivity index (χ0v) is 11.6. The molecule has 0 aromatic carbocycles. The highest BCUT2D eigenvalue weighted by Gasteiger charge is 2.05. The Hall–Kier alpha value is -2.11. The number of hydrogen-bond donors (Lipinski definition) is 1. The predicted molar refractivity (Wildman–Crippen MR) is 74.3 cm³/mol. The van der Waals surface area contributed by atoms with E-state index in [1.165, 1.54) is 4.68 Å². The van der Waals surface area contributed by atoms with Crippen LogP contribution in [-0.4, -0.2) is 26.1 Å². The summed E-state index contributed by atoms with van der Waals surface area (Å²) in [4.78, 5) is 12.0. The van der Waals surface area contributed by atoms with Gasteiger partial charge in [-0.1, -0.05) is 6.92 Å². The van der Waals surface area contributed by atoms with E-state index >= 15 is 0 Å². The maximum absolute atomic E-state index is 12.0. The number of rotatable bonds is 5. The standard InChI is InChI=1S/C13H19N5O/c1-4-5-14-11-7-13(19)18(15-8-11)9-12-6-10(2)16-17(12)3/h6-8,14H,4-5,9H2,1-3H3. The molecule has 102 valence electrons. The SMILES string of the molecule is CCCNc1cnn(Cc2cc(C)nn2C)c(=O)c1. The molecular weight excluding hydrogens is 242 g/mol. The Labute approximate surface area is 112 Å². The Bertz CT molecular complexity index is 614. The smallest absolute Gasteiger partial charge is 0.269 e. The minimum Gasteiger partial charge on any atom is -0.384 e. The van der Waals surface area contributed by atoms with Gasteiger partial charge in [0.15, 0.2) is 0 Å². The van der Waals surface area contributed by atoms with Gasteiger partial charge < -0.3 is 5.32 Å². The molecule has 0 aliphatic carbocycles. The van der Waals surface area contributed by atoms with Crippen molar-refractivity contribution in [1.29, 1.82) is 0 Å². The number of nitrogens with one attached hydrogen (secondary N) is 1. The Morgan fingerprint density at radius 2 is 2.16 bits per heavy atom. The summed E-state index contributed by atoms with van der Waals surface area (Å²) in [6.45, 7) is 5.28. The molecule has 0 aliphatic rings. The van der Waals surface area contributed by atoms with Crippen LogP contribution in [0.2, 0.25) is 0 Å². The number of aryl methyl sites for hydroxylation is 2. The average molecular weight is 261 g/mol. The monoisotopic (exact) mass is 261 g/mol. The number of aromatic nitrogens is 4. The van der Waals surface area contributed by atoms with Crippen LogP contribution >= 0.6 is 0 Å². The van der Waals surface area contributed by atoms with Gasteiger partial charge in [-0.25, -0.2) is 4.68 Å². The zero-order valence-electron chi connectivity index (χ0n) is 11.6. The van der Waals surface area contributed by atoms with Crippen LogP contribution in [0.25, 0.3) is 0 Å². The fraction of sp³-hybridized carbons (Fsp3) is 0.462. The van der Waals surface area contributed by atoms with Crippen LogP contribution in [-0.2, 0) is 13.6 Å². The molecule has 0 spiro atoms. The molecule has 1 N–H and O–H groups in total. The topological polar surface area (TPSA) is 64.7 Å². The molecule has 6 nitrogen and oxygen atoms in total. The normalized spacial score (nSPS) is 10.7. The highest BCUT2D eigenvalue weighted by Crippen LogP contribution is 2.04. The molecule has 0 saturated carbocycles. The van der Waals surface area contributed by atoms with Crippen LogP contribution in [0.5, 0.6) is 0 Å². The first-order valence-corrected chi connectivity index (χ1v) is 6.40. The fourth-order valence-corrected chi connectivity index (χ4v) is 1.88. The molecule has 0 aliphatic heterocycles. The summed E-state index contributed by atoms with van der Waals surface area (Å²) in [6, 6.07) is 3.53. The minimum absolute atomic E-state index is 0.111. The average Bonchev–Trinajstić information content (AvgIpc) is 2.68. The quantitative estimate of drug-likeness (QED) is 0.877. The molecular formula is C13H19N5O. The van der Waals surface area contributed by atoms with E-state index in [-0.39, 0.29) is 5.56 Å². The van der Waals surface area contributed by atoms with Gasteiger partial charge in [0.1, 0.15) is 0 Å². The summed E-state index contributed by atoms with van der Waals surface area (Å²) in [7, 11) is 1.87. The molecule has 2 heterocycles. The third-order valence-electron chi connectivity index (χ3n) is 2.86. The van der Waals surface area contributed by atoms with Gasteiger partial charge in [-0.3, -0.25) is 9.48 Å². The van der Waals surface area contributed by atoms with Gasteiger partial charge in [0, 0.05) is 19.7 Å². The van der Waals surface area contributed by atoms with Crippen LogP contribution in [0.15, 0.2) is 23.1 Å². The molecule has 2 aromatic rings. The third-order valence-corrected chi connectivity index (χ3v) is 2.86. The molecule has 0 fully saturated rings. The van der Waals surface area contributed by atoms with E-state index in [0.29, 0.717) is 6.54 Å². The van der Waals surface area contributed by atoms with Crippen LogP contribution in [0.3, 0.4) is 0 Å².